The molecule has 0 rings (SSSR count). The third kappa shape index (κ3) is 22.9. The Labute approximate surface area is 193 Å². The Bertz CT molecular complexity index is 276. The number of alkyl halides is 1. The molecule has 0 aromatic rings. The number of unbranched alkanes of at least 4 members (excludes halogenated alkanes) is 9. The average Bonchev–Trinajstić information content (AvgIpc) is 2.73. The van der Waals surface area contributed by atoms with Gasteiger partial charge < -0.3 is 10.0 Å². The normalized spacial score (nSPS) is 11.6. The van der Waals surface area contributed by atoms with Crippen molar-refractivity contribution in [2.45, 2.75) is 142 Å². The van der Waals surface area contributed by atoms with E-state index in [0.29, 0.717) is 10.9 Å². The molecule has 0 saturated heterocycles. The zero-order valence-electron chi connectivity index (χ0n) is 20.9. The minimum atomic E-state index is 0.362. The van der Waals surface area contributed by atoms with Gasteiger partial charge in [0, 0.05) is 17.5 Å². The topological polar surface area (TPSA) is 23.5 Å². The van der Waals surface area contributed by atoms with Crippen molar-refractivity contribution in [2.24, 2.45) is 0 Å². The molecule has 0 spiro atoms. The van der Waals surface area contributed by atoms with Gasteiger partial charge in [0.05, 0.1) is 0 Å². The van der Waals surface area contributed by atoms with Crippen molar-refractivity contribution in [3.8, 4) is 0 Å². The lowest BCUT2D eigenvalue weighted by molar-refractivity contribution is 0.227. The van der Waals surface area contributed by atoms with Gasteiger partial charge >= 0.3 is 0 Å². The van der Waals surface area contributed by atoms with E-state index in [-0.39, 0.29) is 0 Å². The van der Waals surface area contributed by atoms with Crippen LogP contribution in [0.1, 0.15) is 137 Å². The molecular weight excluding hydrogens is 422 g/mol. The van der Waals surface area contributed by atoms with Crippen molar-refractivity contribution in [1.82, 2.24) is 4.90 Å². The van der Waals surface area contributed by atoms with Gasteiger partial charge in [-0.1, -0.05) is 121 Å². The summed E-state index contributed by atoms with van der Waals surface area (Å²) in [6, 6.07) is 0. The van der Waals surface area contributed by atoms with Gasteiger partial charge in [-0.05, 0) is 45.2 Å². The third-order valence-electron chi connectivity index (χ3n) is 5.63. The molecule has 0 aromatic heterocycles. The zero-order chi connectivity index (χ0) is 22.2. The fourth-order valence-electron chi connectivity index (χ4n) is 3.60. The molecule has 0 fully saturated rings. The van der Waals surface area contributed by atoms with Crippen molar-refractivity contribution in [2.75, 3.05) is 26.2 Å². The highest BCUT2D eigenvalue weighted by Gasteiger charge is 2.27. The molecule has 178 valence electrons. The summed E-state index contributed by atoms with van der Waals surface area (Å²) in [7, 11) is 0. The van der Waals surface area contributed by atoms with Gasteiger partial charge in [0.2, 0.25) is 0 Å². The Morgan fingerprint density at radius 3 is 1.41 bits per heavy atom. The van der Waals surface area contributed by atoms with Gasteiger partial charge in [-0.15, -0.1) is 0 Å². The Hall–Kier alpha value is 0.400. The molecule has 0 aliphatic carbocycles. The highest BCUT2D eigenvalue weighted by Crippen LogP contribution is 2.32. The maximum Gasteiger partial charge on any atom is 0.0431 e. The molecule has 29 heavy (non-hydrogen) atoms. The van der Waals surface area contributed by atoms with E-state index in [0.717, 1.165) is 6.42 Å². The van der Waals surface area contributed by atoms with Crippen LogP contribution in [0.25, 0.3) is 0 Å². The monoisotopic (exact) mass is 477 g/mol. The summed E-state index contributed by atoms with van der Waals surface area (Å²) in [5.74, 6) is 0. The smallest absolute Gasteiger partial charge is 0.0431 e. The molecule has 0 unspecified atom stereocenters. The summed E-state index contributed by atoms with van der Waals surface area (Å²) in [5.41, 5.74) is 0. The molecule has 0 aliphatic heterocycles. The van der Waals surface area contributed by atoms with Crippen molar-refractivity contribution in [3.05, 3.63) is 0 Å². The SMILES string of the molecule is CCCCCCCCO.CCCCN(CCCC)CC(Br)(CCCC)CCCC. The number of aliphatic hydroxyl groups is 1. The highest BCUT2D eigenvalue weighted by molar-refractivity contribution is 9.10. The van der Waals surface area contributed by atoms with Gasteiger partial charge in [-0.2, -0.15) is 0 Å². The van der Waals surface area contributed by atoms with Crippen LogP contribution in [0.3, 0.4) is 0 Å². The second-order valence-electron chi connectivity index (χ2n) is 8.83. The van der Waals surface area contributed by atoms with Gasteiger partial charge in [0.1, 0.15) is 0 Å². The molecule has 2 nitrogen and oxygen atoms in total. The zero-order valence-corrected chi connectivity index (χ0v) is 22.5. The first-order valence-electron chi connectivity index (χ1n) is 13.1. The largest absolute Gasteiger partial charge is 0.396 e. The summed E-state index contributed by atoms with van der Waals surface area (Å²) in [6.45, 7) is 15.6. The fourth-order valence-corrected chi connectivity index (χ4v) is 4.51. The Kier molecular flexibility index (Phi) is 26.9. The molecular formula is C26H56BrNO. The summed E-state index contributed by atoms with van der Waals surface area (Å²) >= 11 is 4.13. The van der Waals surface area contributed by atoms with Crippen LogP contribution in [0.5, 0.6) is 0 Å². The van der Waals surface area contributed by atoms with Crippen LogP contribution in [0.2, 0.25) is 0 Å². The van der Waals surface area contributed by atoms with Crippen molar-refractivity contribution < 1.29 is 5.11 Å². The summed E-state index contributed by atoms with van der Waals surface area (Å²) < 4.78 is 0.362. The first-order valence-corrected chi connectivity index (χ1v) is 13.8. The number of hydrogen-bond acceptors (Lipinski definition) is 2. The quantitative estimate of drug-likeness (QED) is 0.140. The Balaban J connectivity index is 0. The van der Waals surface area contributed by atoms with Crippen LogP contribution < -0.4 is 0 Å². The maximum absolute atomic E-state index is 8.42. The van der Waals surface area contributed by atoms with Gasteiger partial charge in [0.25, 0.3) is 0 Å². The molecule has 0 bridgehead atoms. The fraction of sp³-hybridized carbons (Fsp3) is 1.00. The molecule has 0 heterocycles. The van der Waals surface area contributed by atoms with Crippen molar-refractivity contribution >= 4 is 15.9 Å². The molecule has 0 radical (unpaired) electrons. The number of aliphatic hydroxyl groups excluding tert-OH is 1. The van der Waals surface area contributed by atoms with E-state index in [2.05, 4.69) is 55.4 Å². The van der Waals surface area contributed by atoms with Crippen LogP contribution in [-0.2, 0) is 0 Å². The molecule has 3 heteroatoms. The maximum atomic E-state index is 8.42. The van der Waals surface area contributed by atoms with Crippen LogP contribution in [0, 0.1) is 0 Å². The van der Waals surface area contributed by atoms with Crippen LogP contribution in [0.15, 0.2) is 0 Å². The van der Waals surface area contributed by atoms with Gasteiger partial charge in [0.15, 0.2) is 0 Å². The number of halogens is 1. The minimum absolute atomic E-state index is 0.362. The lowest BCUT2D eigenvalue weighted by Crippen LogP contribution is -2.40. The van der Waals surface area contributed by atoms with E-state index in [1.54, 1.807) is 0 Å². The molecule has 0 aliphatic rings. The summed E-state index contributed by atoms with van der Waals surface area (Å²) in [5, 5.41) is 8.42. The van der Waals surface area contributed by atoms with Crippen molar-refractivity contribution in [1.29, 1.82) is 0 Å². The molecule has 0 amide bonds. The molecule has 0 aromatic carbocycles. The predicted octanol–water partition coefficient (Wildman–Crippen LogP) is 8.74. The molecule has 1 N–H and O–H groups in total. The molecule has 0 atom stereocenters. The Morgan fingerprint density at radius 2 is 1.00 bits per heavy atom. The predicted molar refractivity (Wildman–Crippen MR) is 137 cm³/mol. The number of rotatable bonds is 20. The summed E-state index contributed by atoms with van der Waals surface area (Å²) in [4.78, 5) is 2.72. The first-order chi connectivity index (χ1) is 14.0. The van der Waals surface area contributed by atoms with E-state index >= 15 is 0 Å². The van der Waals surface area contributed by atoms with Gasteiger partial charge in [-0.25, -0.2) is 0 Å². The second-order valence-corrected chi connectivity index (χ2v) is 10.5. The van der Waals surface area contributed by atoms with E-state index < -0.39 is 0 Å². The highest BCUT2D eigenvalue weighted by atomic mass is 79.9. The first kappa shape index (κ1) is 31.6. The van der Waals surface area contributed by atoms with Crippen molar-refractivity contribution in [3.63, 3.8) is 0 Å². The summed E-state index contributed by atoms with van der Waals surface area (Å²) in [6.07, 6.45) is 20.8. The van der Waals surface area contributed by atoms with Crippen LogP contribution in [0.4, 0.5) is 0 Å². The number of hydrogen-bond donors (Lipinski definition) is 1. The minimum Gasteiger partial charge on any atom is -0.396 e. The van der Waals surface area contributed by atoms with E-state index in [1.807, 2.05) is 0 Å². The average molecular weight is 479 g/mol. The second kappa shape index (κ2) is 24.7. The lowest BCUT2D eigenvalue weighted by Gasteiger charge is -2.34. The van der Waals surface area contributed by atoms with Crippen LogP contribution >= 0.6 is 15.9 Å². The number of nitrogens with zero attached hydrogens (tertiary/aromatic N) is 1. The lowest BCUT2D eigenvalue weighted by atomic mass is 9.94. The molecule has 0 saturated carbocycles. The van der Waals surface area contributed by atoms with E-state index in [9.17, 15) is 0 Å². The standard InChI is InChI=1S/C18H38BrN.C8H18O/c1-5-9-13-18(19,14-10-6-2)17-20(15-11-7-3)16-12-8-4;1-2-3-4-5-6-7-8-9/h5-17H2,1-4H3;9H,2-8H2,1H3. The van der Waals surface area contributed by atoms with Gasteiger partial charge in [-0.3, -0.25) is 0 Å². The Morgan fingerprint density at radius 1 is 0.586 bits per heavy atom. The van der Waals surface area contributed by atoms with Crippen LogP contribution in [-0.4, -0.2) is 40.6 Å². The van der Waals surface area contributed by atoms with E-state index in [4.69, 9.17) is 5.11 Å². The van der Waals surface area contributed by atoms with E-state index in [1.165, 1.54) is 116 Å². The third-order valence-corrected chi connectivity index (χ3v) is 6.67.